The summed E-state index contributed by atoms with van der Waals surface area (Å²) in [7, 11) is -2.42. The normalized spacial score (nSPS) is 14.0. The van der Waals surface area contributed by atoms with Crippen LogP contribution in [-0.4, -0.2) is 46.7 Å². The summed E-state index contributed by atoms with van der Waals surface area (Å²) in [6.07, 6.45) is 0.541. The smallest absolute Gasteiger partial charge is 0.321 e. The van der Waals surface area contributed by atoms with Crippen LogP contribution in [-0.2, 0) is 26.6 Å². The first-order valence-electron chi connectivity index (χ1n) is 7.74. The summed E-state index contributed by atoms with van der Waals surface area (Å²) in [6, 6.07) is -0.391. The summed E-state index contributed by atoms with van der Waals surface area (Å²) in [5, 5.41) is 4.06. The van der Waals surface area contributed by atoms with Crippen LogP contribution in [0.2, 0.25) is 5.15 Å². The van der Waals surface area contributed by atoms with Crippen LogP contribution in [0.25, 0.3) is 0 Å². The Labute approximate surface area is 149 Å². The average molecular weight is 380 g/mol. The van der Waals surface area contributed by atoms with E-state index in [2.05, 4.69) is 5.10 Å². The molecule has 1 aromatic heterocycles. The van der Waals surface area contributed by atoms with E-state index in [0.717, 1.165) is 4.31 Å². The quantitative estimate of drug-likeness (QED) is 0.709. The van der Waals surface area contributed by atoms with Gasteiger partial charge in [0, 0.05) is 13.1 Å². The van der Waals surface area contributed by atoms with Crippen LogP contribution in [0.5, 0.6) is 0 Å². The van der Waals surface area contributed by atoms with E-state index in [1.165, 1.54) is 4.68 Å². The first-order chi connectivity index (χ1) is 10.8. The molecule has 0 amide bonds. The molecule has 9 heteroatoms. The highest BCUT2D eigenvalue weighted by Gasteiger charge is 2.36. The zero-order valence-corrected chi connectivity index (χ0v) is 16.8. The van der Waals surface area contributed by atoms with E-state index in [-0.39, 0.29) is 16.6 Å². The SMILES string of the molecule is CC[C@H](C)N(CC(=O)OC(C)(C)C)S(=O)(=O)c1c(C)nn(C)c1Cl. The molecule has 1 rings (SSSR count). The van der Waals surface area contributed by atoms with Crippen molar-refractivity contribution in [2.45, 2.75) is 64.5 Å². The van der Waals surface area contributed by atoms with Gasteiger partial charge < -0.3 is 4.74 Å². The Morgan fingerprint density at radius 1 is 1.42 bits per heavy atom. The lowest BCUT2D eigenvalue weighted by Gasteiger charge is -2.28. The lowest BCUT2D eigenvalue weighted by Crippen LogP contribution is -2.43. The van der Waals surface area contributed by atoms with Crippen molar-refractivity contribution in [3.8, 4) is 0 Å². The number of carbonyl (C=O) groups is 1. The molecule has 0 N–H and O–H groups in total. The summed E-state index contributed by atoms with van der Waals surface area (Å²) < 4.78 is 33.8. The highest BCUT2D eigenvalue weighted by atomic mass is 35.5. The lowest BCUT2D eigenvalue weighted by molar-refractivity contribution is -0.155. The van der Waals surface area contributed by atoms with Crippen LogP contribution in [0.3, 0.4) is 0 Å². The van der Waals surface area contributed by atoms with E-state index in [1.807, 2.05) is 6.92 Å². The molecule has 1 heterocycles. The second-order valence-corrected chi connectivity index (χ2v) is 8.91. The van der Waals surface area contributed by atoms with E-state index >= 15 is 0 Å². The standard InChI is InChI=1S/C15H26ClN3O4S/c1-8-10(2)19(9-12(20)23-15(4,5)6)24(21,22)13-11(3)17-18(7)14(13)16/h10H,8-9H2,1-7H3/t10-/m0/s1. The van der Waals surface area contributed by atoms with E-state index in [9.17, 15) is 13.2 Å². The lowest BCUT2D eigenvalue weighted by atomic mass is 10.2. The number of halogens is 1. The van der Waals surface area contributed by atoms with Gasteiger partial charge in [0.25, 0.3) is 0 Å². The summed E-state index contributed by atoms with van der Waals surface area (Å²) >= 11 is 6.11. The minimum atomic E-state index is -3.99. The Morgan fingerprint density at radius 3 is 2.33 bits per heavy atom. The van der Waals surface area contributed by atoms with E-state index in [1.54, 1.807) is 41.7 Å². The number of rotatable bonds is 6. The van der Waals surface area contributed by atoms with Gasteiger partial charge in [-0.15, -0.1) is 0 Å². The number of aryl methyl sites for hydroxylation is 2. The van der Waals surface area contributed by atoms with Crippen molar-refractivity contribution >= 4 is 27.6 Å². The number of sulfonamides is 1. The molecule has 0 aromatic carbocycles. The van der Waals surface area contributed by atoms with Gasteiger partial charge in [0.2, 0.25) is 10.0 Å². The van der Waals surface area contributed by atoms with Crippen LogP contribution in [0, 0.1) is 6.92 Å². The first-order valence-corrected chi connectivity index (χ1v) is 9.55. The van der Waals surface area contributed by atoms with Crippen LogP contribution in [0.4, 0.5) is 0 Å². The number of carbonyl (C=O) groups excluding carboxylic acids is 1. The van der Waals surface area contributed by atoms with Gasteiger partial charge >= 0.3 is 5.97 Å². The highest BCUT2D eigenvalue weighted by molar-refractivity contribution is 7.89. The van der Waals surface area contributed by atoms with Crippen molar-refractivity contribution in [1.82, 2.24) is 14.1 Å². The number of ether oxygens (including phenoxy) is 1. The van der Waals surface area contributed by atoms with Crippen molar-refractivity contribution in [3.05, 3.63) is 10.8 Å². The molecule has 0 unspecified atom stereocenters. The molecule has 0 aliphatic heterocycles. The first kappa shape index (κ1) is 20.9. The maximum absolute atomic E-state index is 13.1. The Hall–Kier alpha value is -1.12. The average Bonchev–Trinajstić information content (AvgIpc) is 2.66. The molecule has 0 saturated heterocycles. The Kier molecular flexibility index (Phi) is 6.46. The zero-order valence-electron chi connectivity index (χ0n) is 15.3. The Morgan fingerprint density at radius 2 is 1.96 bits per heavy atom. The van der Waals surface area contributed by atoms with Gasteiger partial charge in [-0.3, -0.25) is 9.48 Å². The second-order valence-electron chi connectivity index (χ2n) is 6.72. The Bertz CT molecular complexity index is 707. The zero-order chi connectivity index (χ0) is 18.9. The van der Waals surface area contributed by atoms with Gasteiger partial charge in [-0.1, -0.05) is 18.5 Å². The number of aromatic nitrogens is 2. The van der Waals surface area contributed by atoms with Gasteiger partial charge in [-0.25, -0.2) is 8.42 Å². The van der Waals surface area contributed by atoms with Crippen LogP contribution < -0.4 is 0 Å². The maximum atomic E-state index is 13.1. The van der Waals surface area contributed by atoms with Crippen molar-refractivity contribution in [3.63, 3.8) is 0 Å². The van der Waals surface area contributed by atoms with E-state index < -0.39 is 27.6 Å². The van der Waals surface area contributed by atoms with Gasteiger partial charge in [-0.2, -0.15) is 9.40 Å². The van der Waals surface area contributed by atoms with Crippen molar-refractivity contribution in [2.24, 2.45) is 7.05 Å². The maximum Gasteiger partial charge on any atom is 0.321 e. The van der Waals surface area contributed by atoms with E-state index in [0.29, 0.717) is 12.1 Å². The summed E-state index contributed by atoms with van der Waals surface area (Å²) in [5.41, 5.74) is -0.399. The third-order valence-corrected chi connectivity index (χ3v) is 6.11. The molecule has 1 aromatic rings. The molecule has 0 radical (unpaired) electrons. The molecular weight excluding hydrogens is 354 g/mol. The molecule has 0 aliphatic rings. The topological polar surface area (TPSA) is 81.5 Å². The molecule has 0 spiro atoms. The molecule has 0 aliphatic carbocycles. The molecule has 0 bridgehead atoms. The molecule has 138 valence electrons. The van der Waals surface area contributed by atoms with Crippen molar-refractivity contribution < 1.29 is 17.9 Å². The molecule has 1 atom stereocenters. The molecular formula is C15H26ClN3O4S. The third kappa shape index (κ3) is 4.70. The number of nitrogens with zero attached hydrogens (tertiary/aromatic N) is 3. The summed E-state index contributed by atoms with van der Waals surface area (Å²) in [5.74, 6) is -0.607. The highest BCUT2D eigenvalue weighted by Crippen LogP contribution is 2.29. The number of esters is 1. The minimum absolute atomic E-state index is 0.0185. The molecule has 0 saturated carbocycles. The largest absolute Gasteiger partial charge is 0.459 e. The van der Waals surface area contributed by atoms with Crippen LogP contribution in [0.15, 0.2) is 4.90 Å². The van der Waals surface area contributed by atoms with Gasteiger partial charge in [0.05, 0.1) is 5.69 Å². The van der Waals surface area contributed by atoms with Gasteiger partial charge in [0.1, 0.15) is 22.2 Å². The van der Waals surface area contributed by atoms with Crippen LogP contribution in [0.1, 0.15) is 46.7 Å². The van der Waals surface area contributed by atoms with Gasteiger partial charge in [0.15, 0.2) is 0 Å². The molecule has 7 nitrogen and oxygen atoms in total. The fraction of sp³-hybridized carbons (Fsp3) is 0.733. The van der Waals surface area contributed by atoms with Gasteiger partial charge in [-0.05, 0) is 41.0 Å². The fourth-order valence-electron chi connectivity index (χ4n) is 2.20. The molecule has 0 fully saturated rings. The predicted octanol–water partition coefficient (Wildman–Crippen LogP) is 2.51. The summed E-state index contributed by atoms with van der Waals surface area (Å²) in [6.45, 7) is 9.97. The molecule has 24 heavy (non-hydrogen) atoms. The third-order valence-electron chi connectivity index (χ3n) is 3.45. The summed E-state index contributed by atoms with van der Waals surface area (Å²) in [4.78, 5) is 12.1. The van der Waals surface area contributed by atoms with Crippen LogP contribution >= 0.6 is 11.6 Å². The Balaban J connectivity index is 3.27. The second kappa shape index (κ2) is 7.41. The van der Waals surface area contributed by atoms with Crippen molar-refractivity contribution in [1.29, 1.82) is 0 Å². The van der Waals surface area contributed by atoms with Crippen molar-refractivity contribution in [2.75, 3.05) is 6.54 Å². The fourth-order valence-corrected chi connectivity index (χ4v) is 4.56. The predicted molar refractivity (Wildman–Crippen MR) is 92.4 cm³/mol. The number of hydrogen-bond acceptors (Lipinski definition) is 5. The number of hydrogen-bond donors (Lipinski definition) is 0. The monoisotopic (exact) mass is 379 g/mol. The minimum Gasteiger partial charge on any atom is -0.459 e. The van der Waals surface area contributed by atoms with E-state index in [4.69, 9.17) is 16.3 Å².